The fourth-order valence-electron chi connectivity index (χ4n) is 2.82. The van der Waals surface area contributed by atoms with Crippen LogP contribution in [0.2, 0.25) is 0 Å². The summed E-state index contributed by atoms with van der Waals surface area (Å²) in [5.41, 5.74) is 1.16. The predicted octanol–water partition coefficient (Wildman–Crippen LogP) is 2.97. The van der Waals surface area contributed by atoms with Crippen LogP contribution in [0.4, 0.5) is 0 Å². The van der Waals surface area contributed by atoms with Crippen molar-refractivity contribution in [1.29, 1.82) is 0 Å². The molecule has 0 radical (unpaired) electrons. The van der Waals surface area contributed by atoms with Crippen LogP contribution in [-0.2, 0) is 6.54 Å². The van der Waals surface area contributed by atoms with Crippen molar-refractivity contribution in [3.63, 3.8) is 0 Å². The summed E-state index contributed by atoms with van der Waals surface area (Å²) in [7, 11) is 0. The molecule has 0 saturated heterocycles. The molecule has 102 valence electrons. The van der Waals surface area contributed by atoms with Gasteiger partial charge in [-0.3, -0.25) is 4.90 Å². The second-order valence-corrected chi connectivity index (χ2v) is 6.49. The number of nitrogens with zero attached hydrogens (tertiary/aromatic N) is 2. The smallest absolute Gasteiger partial charge is 0.0897 e. The number of aliphatic hydroxyl groups excluding tert-OH is 1. The fourth-order valence-corrected chi connectivity index (χ4v) is 3.42. The minimum atomic E-state index is -0.258. The zero-order valence-electron chi connectivity index (χ0n) is 11.4. The lowest BCUT2D eigenvalue weighted by molar-refractivity contribution is 0.0761. The van der Waals surface area contributed by atoms with Gasteiger partial charge in [0.05, 0.1) is 16.8 Å². The third-order valence-corrected chi connectivity index (χ3v) is 4.44. The number of aromatic nitrogens is 1. The Morgan fingerprint density at radius 1 is 1.44 bits per heavy atom. The van der Waals surface area contributed by atoms with Crippen LogP contribution in [0.3, 0.4) is 0 Å². The van der Waals surface area contributed by atoms with Crippen molar-refractivity contribution in [3.05, 3.63) is 16.1 Å². The Kier molecular flexibility index (Phi) is 5.15. The number of rotatable bonds is 5. The molecule has 1 aromatic rings. The average Bonchev–Trinajstić information content (AvgIpc) is 2.75. The highest BCUT2D eigenvalue weighted by atomic mass is 32.1. The summed E-state index contributed by atoms with van der Waals surface area (Å²) >= 11 is 1.71. The Bertz CT molecular complexity index is 358. The number of thiazole rings is 1. The first-order chi connectivity index (χ1) is 8.65. The maximum absolute atomic E-state index is 9.68. The first-order valence-corrected chi connectivity index (χ1v) is 7.86. The molecule has 1 N–H and O–H groups in total. The average molecular weight is 268 g/mol. The third kappa shape index (κ3) is 4.04. The lowest BCUT2D eigenvalue weighted by atomic mass is 9.94. The Morgan fingerprint density at radius 2 is 2.17 bits per heavy atom. The zero-order chi connectivity index (χ0) is 13.0. The summed E-state index contributed by atoms with van der Waals surface area (Å²) in [5, 5.41) is 13.0. The highest BCUT2D eigenvalue weighted by molar-refractivity contribution is 7.09. The molecule has 0 bridgehead atoms. The molecule has 0 amide bonds. The number of aryl methyl sites for hydroxylation is 1. The standard InChI is InChI=1S/C14H24N2OS/c1-11(17)8-16(14-6-4-3-5-7-14)9-13-10-18-12(2)15-13/h10-11,14,17H,3-9H2,1-2H3/t11-/m1/s1. The van der Waals surface area contributed by atoms with Gasteiger partial charge >= 0.3 is 0 Å². The van der Waals surface area contributed by atoms with Crippen LogP contribution in [0.15, 0.2) is 5.38 Å². The molecule has 1 atom stereocenters. The highest BCUT2D eigenvalue weighted by Crippen LogP contribution is 2.24. The van der Waals surface area contributed by atoms with Gasteiger partial charge in [0.15, 0.2) is 0 Å². The predicted molar refractivity (Wildman–Crippen MR) is 75.8 cm³/mol. The van der Waals surface area contributed by atoms with Gasteiger partial charge in [0, 0.05) is 24.5 Å². The van der Waals surface area contributed by atoms with Gasteiger partial charge in [0.1, 0.15) is 0 Å². The van der Waals surface area contributed by atoms with Gasteiger partial charge in [-0.2, -0.15) is 0 Å². The molecule has 0 spiro atoms. The van der Waals surface area contributed by atoms with Crippen LogP contribution in [0.25, 0.3) is 0 Å². The van der Waals surface area contributed by atoms with E-state index in [1.165, 1.54) is 32.1 Å². The molecule has 18 heavy (non-hydrogen) atoms. The molecule has 4 heteroatoms. The molecule has 1 aliphatic carbocycles. The van der Waals surface area contributed by atoms with Gasteiger partial charge in [0.25, 0.3) is 0 Å². The van der Waals surface area contributed by atoms with E-state index in [1.807, 2.05) is 13.8 Å². The first-order valence-electron chi connectivity index (χ1n) is 6.98. The van der Waals surface area contributed by atoms with E-state index in [2.05, 4.69) is 15.3 Å². The van der Waals surface area contributed by atoms with Crippen LogP contribution in [-0.4, -0.2) is 33.7 Å². The van der Waals surface area contributed by atoms with Crippen molar-refractivity contribution in [3.8, 4) is 0 Å². The molecule has 1 heterocycles. The van der Waals surface area contributed by atoms with E-state index < -0.39 is 0 Å². The van der Waals surface area contributed by atoms with Gasteiger partial charge in [-0.1, -0.05) is 19.3 Å². The molecule has 1 aromatic heterocycles. The summed E-state index contributed by atoms with van der Waals surface area (Å²) in [6, 6.07) is 0.635. The summed E-state index contributed by atoms with van der Waals surface area (Å²) in [6.07, 6.45) is 6.32. The largest absolute Gasteiger partial charge is 0.392 e. The second kappa shape index (κ2) is 6.64. The maximum atomic E-state index is 9.68. The molecule has 1 saturated carbocycles. The molecular formula is C14H24N2OS. The number of hydrogen-bond donors (Lipinski definition) is 1. The lowest BCUT2D eigenvalue weighted by Crippen LogP contribution is -2.40. The van der Waals surface area contributed by atoms with E-state index in [0.29, 0.717) is 6.04 Å². The third-order valence-electron chi connectivity index (χ3n) is 3.62. The van der Waals surface area contributed by atoms with Crippen molar-refractivity contribution in [2.24, 2.45) is 0 Å². The highest BCUT2D eigenvalue weighted by Gasteiger charge is 2.22. The van der Waals surface area contributed by atoms with Crippen molar-refractivity contribution >= 4 is 11.3 Å². The van der Waals surface area contributed by atoms with Gasteiger partial charge in [-0.05, 0) is 26.7 Å². The minimum absolute atomic E-state index is 0.258. The van der Waals surface area contributed by atoms with Crippen LogP contribution >= 0.6 is 11.3 Å². The number of aliphatic hydroxyl groups is 1. The van der Waals surface area contributed by atoms with E-state index in [9.17, 15) is 5.11 Å². The molecular weight excluding hydrogens is 244 g/mol. The fraction of sp³-hybridized carbons (Fsp3) is 0.786. The zero-order valence-corrected chi connectivity index (χ0v) is 12.2. The van der Waals surface area contributed by atoms with Crippen molar-refractivity contribution < 1.29 is 5.11 Å². The van der Waals surface area contributed by atoms with Gasteiger partial charge < -0.3 is 5.11 Å². The monoisotopic (exact) mass is 268 g/mol. The van der Waals surface area contributed by atoms with Gasteiger partial charge in [-0.15, -0.1) is 11.3 Å². The van der Waals surface area contributed by atoms with Crippen LogP contribution in [0.5, 0.6) is 0 Å². The first kappa shape index (κ1) is 14.0. The van der Waals surface area contributed by atoms with Crippen LogP contribution < -0.4 is 0 Å². The molecule has 0 unspecified atom stereocenters. The Morgan fingerprint density at radius 3 is 2.72 bits per heavy atom. The Balaban J connectivity index is 1.99. The quantitative estimate of drug-likeness (QED) is 0.892. The topological polar surface area (TPSA) is 36.4 Å². The van der Waals surface area contributed by atoms with Crippen molar-refractivity contribution in [2.45, 2.75) is 64.6 Å². The summed E-state index contributed by atoms with van der Waals surface area (Å²) < 4.78 is 0. The van der Waals surface area contributed by atoms with E-state index in [-0.39, 0.29) is 6.10 Å². The summed E-state index contributed by atoms with van der Waals surface area (Å²) in [5.74, 6) is 0. The normalized spacial score (nSPS) is 19.3. The van der Waals surface area contributed by atoms with Crippen LogP contribution in [0, 0.1) is 6.92 Å². The maximum Gasteiger partial charge on any atom is 0.0897 e. The van der Waals surface area contributed by atoms with E-state index >= 15 is 0 Å². The summed E-state index contributed by atoms with van der Waals surface area (Å²) in [6.45, 7) is 5.58. The van der Waals surface area contributed by atoms with Gasteiger partial charge in [0.2, 0.25) is 0 Å². The number of hydrogen-bond acceptors (Lipinski definition) is 4. The van der Waals surface area contributed by atoms with Crippen molar-refractivity contribution in [1.82, 2.24) is 9.88 Å². The Hall–Kier alpha value is -0.450. The molecule has 3 nitrogen and oxygen atoms in total. The SMILES string of the molecule is Cc1nc(CN(C[C@@H](C)O)C2CCCCC2)cs1. The van der Waals surface area contributed by atoms with Crippen LogP contribution in [0.1, 0.15) is 49.7 Å². The molecule has 0 aromatic carbocycles. The lowest BCUT2D eigenvalue weighted by Gasteiger charge is -2.34. The van der Waals surface area contributed by atoms with E-state index in [4.69, 9.17) is 0 Å². The molecule has 0 aliphatic heterocycles. The second-order valence-electron chi connectivity index (χ2n) is 5.43. The van der Waals surface area contributed by atoms with E-state index in [0.717, 1.165) is 23.8 Å². The van der Waals surface area contributed by atoms with E-state index in [1.54, 1.807) is 11.3 Å². The summed E-state index contributed by atoms with van der Waals surface area (Å²) in [4.78, 5) is 6.98. The molecule has 1 fully saturated rings. The van der Waals surface area contributed by atoms with Crippen molar-refractivity contribution in [2.75, 3.05) is 6.54 Å². The Labute approximate surface area is 114 Å². The molecule has 1 aliphatic rings. The molecule has 2 rings (SSSR count). The minimum Gasteiger partial charge on any atom is -0.392 e. The van der Waals surface area contributed by atoms with Gasteiger partial charge in [-0.25, -0.2) is 4.98 Å².